The van der Waals surface area contributed by atoms with E-state index in [1.807, 2.05) is 6.92 Å². The third kappa shape index (κ3) is 2.49. The second-order valence-electron chi connectivity index (χ2n) is 5.16. The van der Waals surface area contributed by atoms with Crippen LogP contribution in [-0.4, -0.2) is 66.5 Å². The van der Waals surface area contributed by atoms with Crippen LogP contribution in [0, 0.1) is 0 Å². The van der Waals surface area contributed by atoms with Gasteiger partial charge in [0.15, 0.2) is 0 Å². The Balaban J connectivity index is 1.89. The quantitative estimate of drug-likeness (QED) is 0.671. The molecule has 2 aliphatic heterocycles. The lowest BCUT2D eigenvalue weighted by Crippen LogP contribution is -2.47. The summed E-state index contributed by atoms with van der Waals surface area (Å²) >= 11 is 0. The highest BCUT2D eigenvalue weighted by Crippen LogP contribution is 2.20. The summed E-state index contributed by atoms with van der Waals surface area (Å²) in [6, 6.07) is -0.250. The average molecular weight is 254 g/mol. The SMILES string of the molecule is CCC1(C)NC(=O)N(CCN2CCNCC2)C1=O. The first-order valence-corrected chi connectivity index (χ1v) is 6.64. The molecule has 0 spiro atoms. The van der Waals surface area contributed by atoms with Crippen LogP contribution in [-0.2, 0) is 4.79 Å². The molecule has 0 aromatic heterocycles. The van der Waals surface area contributed by atoms with Crippen molar-refractivity contribution < 1.29 is 9.59 Å². The zero-order valence-corrected chi connectivity index (χ0v) is 11.2. The number of carbonyl (C=O) groups excluding carboxylic acids is 2. The Labute approximate surface area is 108 Å². The first-order chi connectivity index (χ1) is 8.57. The second-order valence-corrected chi connectivity index (χ2v) is 5.16. The van der Waals surface area contributed by atoms with Gasteiger partial charge in [-0.1, -0.05) is 6.92 Å². The maximum absolute atomic E-state index is 12.2. The molecule has 2 heterocycles. The van der Waals surface area contributed by atoms with E-state index in [0.29, 0.717) is 13.0 Å². The minimum Gasteiger partial charge on any atom is -0.323 e. The van der Waals surface area contributed by atoms with E-state index in [-0.39, 0.29) is 11.9 Å². The molecule has 1 unspecified atom stereocenters. The van der Waals surface area contributed by atoms with E-state index in [0.717, 1.165) is 32.7 Å². The Kier molecular flexibility index (Phi) is 3.87. The number of nitrogens with one attached hydrogen (secondary N) is 2. The second kappa shape index (κ2) is 5.24. The third-order valence-corrected chi connectivity index (χ3v) is 3.90. The van der Waals surface area contributed by atoms with Crippen molar-refractivity contribution in [3.8, 4) is 0 Å². The molecule has 2 saturated heterocycles. The maximum Gasteiger partial charge on any atom is 0.325 e. The third-order valence-electron chi connectivity index (χ3n) is 3.90. The van der Waals surface area contributed by atoms with Crippen LogP contribution in [0.15, 0.2) is 0 Å². The van der Waals surface area contributed by atoms with Gasteiger partial charge >= 0.3 is 6.03 Å². The van der Waals surface area contributed by atoms with Crippen molar-refractivity contribution in [2.75, 3.05) is 39.3 Å². The Morgan fingerprint density at radius 2 is 1.89 bits per heavy atom. The van der Waals surface area contributed by atoms with Crippen LogP contribution in [0.4, 0.5) is 4.79 Å². The van der Waals surface area contributed by atoms with Gasteiger partial charge < -0.3 is 10.6 Å². The lowest BCUT2D eigenvalue weighted by atomic mass is 9.99. The number of hydrogen-bond donors (Lipinski definition) is 2. The fraction of sp³-hybridized carbons (Fsp3) is 0.833. The Bertz CT molecular complexity index is 341. The van der Waals surface area contributed by atoms with Gasteiger partial charge in [-0.05, 0) is 13.3 Å². The largest absolute Gasteiger partial charge is 0.325 e. The van der Waals surface area contributed by atoms with Gasteiger partial charge in [-0.2, -0.15) is 0 Å². The minimum absolute atomic E-state index is 0.0925. The highest BCUT2D eigenvalue weighted by Gasteiger charge is 2.46. The van der Waals surface area contributed by atoms with Crippen molar-refractivity contribution in [3.05, 3.63) is 0 Å². The first-order valence-electron chi connectivity index (χ1n) is 6.64. The molecular weight excluding hydrogens is 232 g/mol. The number of piperazine rings is 1. The summed E-state index contributed by atoms with van der Waals surface area (Å²) in [6.45, 7) is 8.87. The standard InChI is InChI=1S/C12H22N4O2/c1-3-12(2)10(17)16(11(18)14-12)9-8-15-6-4-13-5-7-15/h13H,3-9H2,1-2H3,(H,14,18). The number of amides is 3. The van der Waals surface area contributed by atoms with Crippen LogP contribution in [0.25, 0.3) is 0 Å². The molecule has 6 heteroatoms. The van der Waals surface area contributed by atoms with Crippen LogP contribution in [0.5, 0.6) is 0 Å². The van der Waals surface area contributed by atoms with E-state index < -0.39 is 5.54 Å². The average Bonchev–Trinajstić information content (AvgIpc) is 2.60. The molecule has 0 aliphatic carbocycles. The number of hydrogen-bond acceptors (Lipinski definition) is 4. The molecule has 6 nitrogen and oxygen atoms in total. The molecule has 102 valence electrons. The zero-order chi connectivity index (χ0) is 13.2. The normalized spacial score (nSPS) is 29.8. The summed E-state index contributed by atoms with van der Waals surface area (Å²) in [5.74, 6) is -0.0925. The molecule has 2 aliphatic rings. The van der Waals surface area contributed by atoms with Gasteiger partial charge in [-0.3, -0.25) is 14.6 Å². The number of imide groups is 1. The maximum atomic E-state index is 12.2. The Morgan fingerprint density at radius 3 is 2.44 bits per heavy atom. The molecule has 0 aromatic rings. The van der Waals surface area contributed by atoms with Crippen LogP contribution in [0.2, 0.25) is 0 Å². The molecule has 1 atom stereocenters. The van der Waals surface area contributed by atoms with E-state index in [2.05, 4.69) is 15.5 Å². The molecule has 3 amide bonds. The fourth-order valence-electron chi connectivity index (χ4n) is 2.37. The molecule has 18 heavy (non-hydrogen) atoms. The molecule has 0 saturated carbocycles. The Morgan fingerprint density at radius 1 is 1.22 bits per heavy atom. The van der Waals surface area contributed by atoms with E-state index in [4.69, 9.17) is 0 Å². The molecule has 0 aromatic carbocycles. The van der Waals surface area contributed by atoms with Crippen molar-refractivity contribution in [1.82, 2.24) is 20.4 Å². The summed E-state index contributed by atoms with van der Waals surface area (Å²) in [5.41, 5.74) is -0.708. The molecule has 0 bridgehead atoms. The highest BCUT2D eigenvalue weighted by molar-refractivity contribution is 6.06. The highest BCUT2D eigenvalue weighted by atomic mass is 16.2. The number of urea groups is 1. The molecular formula is C12H22N4O2. The summed E-state index contributed by atoms with van der Waals surface area (Å²) < 4.78 is 0. The van der Waals surface area contributed by atoms with Gasteiger partial charge in [0.25, 0.3) is 5.91 Å². The van der Waals surface area contributed by atoms with Gasteiger partial charge in [0.1, 0.15) is 5.54 Å². The van der Waals surface area contributed by atoms with E-state index in [1.165, 1.54) is 4.90 Å². The van der Waals surface area contributed by atoms with Gasteiger partial charge in [0.2, 0.25) is 0 Å². The lowest BCUT2D eigenvalue weighted by molar-refractivity contribution is -0.131. The van der Waals surface area contributed by atoms with Crippen LogP contribution in [0.1, 0.15) is 20.3 Å². The summed E-state index contributed by atoms with van der Waals surface area (Å²) in [5, 5.41) is 6.06. The van der Waals surface area contributed by atoms with E-state index in [9.17, 15) is 9.59 Å². The van der Waals surface area contributed by atoms with Gasteiger partial charge in [0, 0.05) is 39.3 Å². The van der Waals surface area contributed by atoms with Crippen LogP contribution in [0.3, 0.4) is 0 Å². The van der Waals surface area contributed by atoms with Crippen molar-refractivity contribution in [2.45, 2.75) is 25.8 Å². The fourth-order valence-corrected chi connectivity index (χ4v) is 2.37. The van der Waals surface area contributed by atoms with Crippen LogP contribution < -0.4 is 10.6 Å². The van der Waals surface area contributed by atoms with Gasteiger partial charge in [-0.15, -0.1) is 0 Å². The van der Waals surface area contributed by atoms with E-state index >= 15 is 0 Å². The number of nitrogens with zero attached hydrogens (tertiary/aromatic N) is 2. The number of carbonyl (C=O) groups is 2. The van der Waals surface area contributed by atoms with Gasteiger partial charge in [0.05, 0.1) is 0 Å². The Hall–Kier alpha value is -1.14. The predicted molar refractivity (Wildman–Crippen MR) is 68.3 cm³/mol. The lowest BCUT2D eigenvalue weighted by Gasteiger charge is -2.28. The predicted octanol–water partition coefficient (Wildman–Crippen LogP) is -0.388. The van der Waals surface area contributed by atoms with Crippen molar-refractivity contribution in [3.63, 3.8) is 0 Å². The number of rotatable bonds is 4. The monoisotopic (exact) mass is 254 g/mol. The van der Waals surface area contributed by atoms with Crippen molar-refractivity contribution in [1.29, 1.82) is 0 Å². The molecule has 2 N–H and O–H groups in total. The summed E-state index contributed by atoms with van der Waals surface area (Å²) in [6.07, 6.45) is 0.627. The molecule has 2 fully saturated rings. The summed E-state index contributed by atoms with van der Waals surface area (Å²) in [4.78, 5) is 27.6. The van der Waals surface area contributed by atoms with Crippen molar-refractivity contribution in [2.24, 2.45) is 0 Å². The van der Waals surface area contributed by atoms with Crippen LogP contribution >= 0.6 is 0 Å². The topological polar surface area (TPSA) is 64.7 Å². The van der Waals surface area contributed by atoms with Gasteiger partial charge in [-0.25, -0.2) is 4.79 Å². The molecule has 2 rings (SSSR count). The first kappa shape index (κ1) is 13.3. The van der Waals surface area contributed by atoms with Crippen molar-refractivity contribution >= 4 is 11.9 Å². The smallest absolute Gasteiger partial charge is 0.323 e. The summed E-state index contributed by atoms with van der Waals surface area (Å²) in [7, 11) is 0. The minimum atomic E-state index is -0.708. The molecule has 0 radical (unpaired) electrons. The zero-order valence-electron chi connectivity index (χ0n) is 11.2. The van der Waals surface area contributed by atoms with E-state index in [1.54, 1.807) is 6.92 Å².